The summed E-state index contributed by atoms with van der Waals surface area (Å²) in [6.45, 7) is 0. The summed E-state index contributed by atoms with van der Waals surface area (Å²) in [7, 11) is 0. The fourth-order valence-electron chi connectivity index (χ4n) is 1.25. The van der Waals surface area contributed by atoms with Gasteiger partial charge in [-0.2, -0.15) is 0 Å². The van der Waals surface area contributed by atoms with Crippen LogP contribution in [0, 0.1) is 0 Å². The maximum Gasteiger partial charge on any atom is 0.181 e. The first-order valence-corrected chi connectivity index (χ1v) is 5.83. The molecule has 0 atom stereocenters. The first-order valence-electron chi connectivity index (χ1n) is 3.91. The number of nitrogens with zero attached hydrogens (tertiary/aromatic N) is 1. The Hall–Kier alpha value is -0.350. The monoisotopic (exact) mass is 303 g/mol. The summed E-state index contributed by atoms with van der Waals surface area (Å²) in [6.07, 6.45) is 0.892. The van der Waals surface area contributed by atoms with E-state index in [1.165, 1.54) is 0 Å². The predicted octanol–water partition coefficient (Wildman–Crippen LogP) is 3.53. The molecule has 1 aromatic heterocycles. The van der Waals surface area contributed by atoms with E-state index in [1.807, 2.05) is 18.2 Å². The lowest BCUT2D eigenvalue weighted by atomic mass is 10.2. The summed E-state index contributed by atoms with van der Waals surface area (Å²) in [4.78, 5) is 0. The van der Waals surface area contributed by atoms with Gasteiger partial charge in [0, 0.05) is 17.1 Å². The molecule has 0 aliphatic rings. The van der Waals surface area contributed by atoms with Crippen LogP contribution in [0.3, 0.4) is 0 Å². The lowest BCUT2D eigenvalue weighted by molar-refractivity contribution is 0.446. The van der Waals surface area contributed by atoms with E-state index in [-0.39, 0.29) is 0 Å². The van der Waals surface area contributed by atoms with Crippen LogP contribution in [0.15, 0.2) is 27.2 Å². The van der Waals surface area contributed by atoms with Gasteiger partial charge in [0.2, 0.25) is 0 Å². The van der Waals surface area contributed by atoms with Crippen molar-refractivity contribution in [3.05, 3.63) is 28.4 Å². The van der Waals surface area contributed by atoms with E-state index in [0.717, 1.165) is 32.9 Å². The lowest BCUT2D eigenvalue weighted by Crippen LogP contribution is -1.85. The second kappa shape index (κ2) is 3.80. The number of para-hydroxylation sites is 1. The first-order chi connectivity index (χ1) is 6.33. The molecule has 1 aromatic carbocycles. The second-order valence-electron chi connectivity index (χ2n) is 2.68. The zero-order valence-corrected chi connectivity index (χ0v) is 9.93. The van der Waals surface area contributed by atoms with E-state index in [4.69, 9.17) is 4.52 Å². The average molecular weight is 305 g/mol. The van der Waals surface area contributed by atoms with Gasteiger partial charge in [-0.1, -0.05) is 27.2 Å². The van der Waals surface area contributed by atoms with Crippen molar-refractivity contribution in [3.8, 4) is 0 Å². The Morgan fingerprint density at radius 3 is 3.00 bits per heavy atom. The van der Waals surface area contributed by atoms with Gasteiger partial charge >= 0.3 is 0 Å². The molecule has 0 radical (unpaired) electrons. The highest BCUT2D eigenvalue weighted by atomic mass is 79.9. The number of hydrogen-bond donors (Lipinski definition) is 0. The van der Waals surface area contributed by atoms with Crippen molar-refractivity contribution in [3.63, 3.8) is 0 Å². The first kappa shape index (κ1) is 9.21. The van der Waals surface area contributed by atoms with Crippen LogP contribution in [0.5, 0.6) is 0 Å². The topological polar surface area (TPSA) is 26.0 Å². The smallest absolute Gasteiger partial charge is 0.181 e. The van der Waals surface area contributed by atoms with E-state index in [9.17, 15) is 0 Å². The molecule has 2 rings (SSSR count). The molecule has 0 saturated carbocycles. The molecule has 1 heterocycles. The minimum absolute atomic E-state index is 0.832. The Balaban J connectivity index is 2.61. The summed E-state index contributed by atoms with van der Waals surface area (Å²) >= 11 is 6.80. The van der Waals surface area contributed by atoms with Crippen molar-refractivity contribution < 1.29 is 4.52 Å². The molecule has 0 amide bonds. The number of benzene rings is 1. The van der Waals surface area contributed by atoms with Crippen LogP contribution < -0.4 is 0 Å². The van der Waals surface area contributed by atoms with E-state index >= 15 is 0 Å². The third kappa shape index (κ3) is 1.65. The van der Waals surface area contributed by atoms with Crippen molar-refractivity contribution in [2.45, 2.75) is 6.42 Å². The van der Waals surface area contributed by atoms with Crippen LogP contribution in [0.1, 0.15) is 5.69 Å². The van der Waals surface area contributed by atoms with Gasteiger partial charge in [-0.15, -0.1) is 0 Å². The summed E-state index contributed by atoms with van der Waals surface area (Å²) in [5.74, 6) is 0. The third-order valence-electron chi connectivity index (χ3n) is 1.86. The van der Waals surface area contributed by atoms with Crippen LogP contribution >= 0.6 is 31.9 Å². The largest absolute Gasteiger partial charge is 0.355 e. The van der Waals surface area contributed by atoms with E-state index in [1.54, 1.807) is 0 Å². The molecule has 0 unspecified atom stereocenters. The van der Waals surface area contributed by atoms with Gasteiger partial charge in [-0.05, 0) is 28.1 Å². The van der Waals surface area contributed by atoms with Crippen LogP contribution in [0.4, 0.5) is 0 Å². The molecule has 4 heteroatoms. The van der Waals surface area contributed by atoms with Crippen LogP contribution in [0.25, 0.3) is 11.0 Å². The van der Waals surface area contributed by atoms with Gasteiger partial charge < -0.3 is 4.52 Å². The van der Waals surface area contributed by atoms with Crippen LogP contribution in [-0.2, 0) is 6.42 Å². The van der Waals surface area contributed by atoms with Crippen molar-refractivity contribution >= 4 is 42.8 Å². The Labute approximate surface area is 92.5 Å². The highest BCUT2D eigenvalue weighted by Gasteiger charge is 2.08. The molecule has 0 aliphatic carbocycles. The van der Waals surface area contributed by atoms with Gasteiger partial charge in [0.15, 0.2) is 5.58 Å². The fraction of sp³-hybridized carbons (Fsp3) is 0.222. The normalized spacial score (nSPS) is 10.9. The van der Waals surface area contributed by atoms with Crippen molar-refractivity contribution in [2.75, 3.05) is 5.33 Å². The molecule has 0 N–H and O–H groups in total. The number of fused-ring (bicyclic) bond motifs is 1. The highest BCUT2D eigenvalue weighted by molar-refractivity contribution is 9.10. The number of aryl methyl sites for hydroxylation is 1. The minimum Gasteiger partial charge on any atom is -0.355 e. The number of hydrogen-bond acceptors (Lipinski definition) is 2. The predicted molar refractivity (Wildman–Crippen MR) is 59.2 cm³/mol. The maximum atomic E-state index is 5.21. The Morgan fingerprint density at radius 2 is 2.23 bits per heavy atom. The molecular formula is C9H7Br2NO. The van der Waals surface area contributed by atoms with Gasteiger partial charge in [-0.25, -0.2) is 0 Å². The average Bonchev–Trinajstić information content (AvgIpc) is 2.51. The molecule has 0 spiro atoms. The fourth-order valence-corrected chi connectivity index (χ4v) is 2.06. The molecule has 0 bridgehead atoms. The zero-order valence-electron chi connectivity index (χ0n) is 6.76. The Morgan fingerprint density at radius 1 is 1.38 bits per heavy atom. The lowest BCUT2D eigenvalue weighted by Gasteiger charge is -1.91. The summed E-state index contributed by atoms with van der Waals surface area (Å²) in [5.41, 5.74) is 1.84. The third-order valence-corrected chi connectivity index (χ3v) is 2.88. The Bertz CT molecular complexity index is 424. The molecule has 0 aliphatic heterocycles. The summed E-state index contributed by atoms with van der Waals surface area (Å²) in [5, 5.41) is 6.01. The summed E-state index contributed by atoms with van der Waals surface area (Å²) < 4.78 is 6.17. The van der Waals surface area contributed by atoms with Gasteiger partial charge in [0.1, 0.15) is 0 Å². The highest BCUT2D eigenvalue weighted by Crippen LogP contribution is 2.26. The standard InChI is InChI=1S/C9H7Br2NO/c10-5-4-8-6-2-1-3-7(11)9(6)13-12-8/h1-3H,4-5H2. The van der Waals surface area contributed by atoms with Crippen molar-refractivity contribution in [1.82, 2.24) is 5.16 Å². The number of alkyl halides is 1. The van der Waals surface area contributed by atoms with Crippen LogP contribution in [-0.4, -0.2) is 10.5 Å². The number of rotatable bonds is 2. The summed E-state index contributed by atoms with van der Waals surface area (Å²) in [6, 6.07) is 5.96. The van der Waals surface area contributed by atoms with Gasteiger partial charge in [0.25, 0.3) is 0 Å². The molecule has 13 heavy (non-hydrogen) atoms. The Kier molecular flexibility index (Phi) is 2.69. The van der Waals surface area contributed by atoms with Crippen LogP contribution in [0.2, 0.25) is 0 Å². The zero-order chi connectivity index (χ0) is 9.26. The van der Waals surface area contributed by atoms with Gasteiger partial charge in [0.05, 0.1) is 10.2 Å². The SMILES string of the molecule is BrCCc1noc2c(Br)cccc12. The van der Waals surface area contributed by atoms with E-state index < -0.39 is 0 Å². The second-order valence-corrected chi connectivity index (χ2v) is 4.33. The van der Waals surface area contributed by atoms with Crippen molar-refractivity contribution in [1.29, 1.82) is 0 Å². The molecule has 0 fully saturated rings. The molecule has 2 nitrogen and oxygen atoms in total. The van der Waals surface area contributed by atoms with Gasteiger partial charge in [-0.3, -0.25) is 0 Å². The van der Waals surface area contributed by atoms with E-state index in [2.05, 4.69) is 37.0 Å². The van der Waals surface area contributed by atoms with Crippen molar-refractivity contribution in [2.24, 2.45) is 0 Å². The molecule has 2 aromatic rings. The number of aromatic nitrogens is 1. The molecule has 0 saturated heterocycles. The maximum absolute atomic E-state index is 5.21. The minimum atomic E-state index is 0.832. The molecule has 68 valence electrons. The van der Waals surface area contributed by atoms with E-state index in [0.29, 0.717) is 0 Å². The quantitative estimate of drug-likeness (QED) is 0.793. The number of halogens is 2. The molecular weight excluding hydrogens is 298 g/mol.